The summed E-state index contributed by atoms with van der Waals surface area (Å²) in [5, 5.41) is 2.52. The molecule has 0 unspecified atom stereocenters. The summed E-state index contributed by atoms with van der Waals surface area (Å²) in [6, 6.07) is 9.87. The number of halogens is 3. The maximum absolute atomic E-state index is 13.1. The van der Waals surface area contributed by atoms with Gasteiger partial charge < -0.3 is 10.2 Å². The zero-order valence-electron chi connectivity index (χ0n) is 14.1. The first-order valence-electron chi connectivity index (χ1n) is 8.10. The topological polar surface area (TPSA) is 49.4 Å². The molecule has 0 aliphatic carbocycles. The maximum atomic E-state index is 13.1. The van der Waals surface area contributed by atoms with Gasteiger partial charge in [-0.05, 0) is 41.8 Å². The molecule has 136 valence electrons. The lowest BCUT2D eigenvalue weighted by atomic mass is 9.99. The van der Waals surface area contributed by atoms with Gasteiger partial charge in [-0.1, -0.05) is 18.2 Å². The Kier molecular flexibility index (Phi) is 4.71. The zero-order chi connectivity index (χ0) is 18.9. The molecule has 1 aliphatic heterocycles. The predicted molar refractivity (Wildman–Crippen MR) is 90.6 cm³/mol. The molecule has 0 spiro atoms. The van der Waals surface area contributed by atoms with Crippen LogP contribution in [0.25, 0.3) is 0 Å². The van der Waals surface area contributed by atoms with Crippen LogP contribution in [-0.4, -0.2) is 23.3 Å². The molecule has 0 bridgehead atoms. The summed E-state index contributed by atoms with van der Waals surface area (Å²) in [6.07, 6.45) is -3.90. The van der Waals surface area contributed by atoms with Gasteiger partial charge in [-0.3, -0.25) is 9.59 Å². The third kappa shape index (κ3) is 3.71. The van der Waals surface area contributed by atoms with Crippen molar-refractivity contribution in [2.75, 3.05) is 11.9 Å². The summed E-state index contributed by atoms with van der Waals surface area (Å²) in [4.78, 5) is 25.6. The van der Waals surface area contributed by atoms with Crippen LogP contribution >= 0.6 is 0 Å². The van der Waals surface area contributed by atoms with Gasteiger partial charge in [-0.2, -0.15) is 13.2 Å². The Hall–Kier alpha value is -2.83. The van der Waals surface area contributed by atoms with Crippen molar-refractivity contribution >= 4 is 17.5 Å². The minimum atomic E-state index is -4.61. The molecule has 2 aromatic carbocycles. The van der Waals surface area contributed by atoms with Crippen molar-refractivity contribution in [1.82, 2.24) is 4.90 Å². The standard InChI is InChI=1S/C19H17F3N2O2/c1-12(25)24-9-8-13-6-7-15(10-14(13)11-24)23-18(26)16-4-2-3-5-17(16)19(20,21)22/h2-7,10H,8-9,11H2,1H3,(H,23,26). The van der Waals surface area contributed by atoms with Crippen LogP contribution in [0.1, 0.15) is 34.0 Å². The number of carbonyl (C=O) groups excluding carboxylic acids is 2. The predicted octanol–water partition coefficient (Wildman–Crippen LogP) is 3.86. The lowest BCUT2D eigenvalue weighted by Gasteiger charge is -2.28. The van der Waals surface area contributed by atoms with Gasteiger partial charge >= 0.3 is 6.18 Å². The fourth-order valence-corrected chi connectivity index (χ4v) is 3.03. The summed E-state index contributed by atoms with van der Waals surface area (Å²) in [7, 11) is 0. The van der Waals surface area contributed by atoms with E-state index in [0.717, 1.165) is 23.3 Å². The molecule has 1 heterocycles. The average Bonchev–Trinajstić information content (AvgIpc) is 2.60. The minimum absolute atomic E-state index is 0.0378. The second-order valence-electron chi connectivity index (χ2n) is 6.17. The second kappa shape index (κ2) is 6.82. The molecule has 2 amide bonds. The van der Waals surface area contributed by atoms with E-state index in [1.54, 1.807) is 17.0 Å². The number of hydrogen-bond donors (Lipinski definition) is 1. The summed E-state index contributed by atoms with van der Waals surface area (Å²) < 4.78 is 39.2. The van der Waals surface area contributed by atoms with Crippen molar-refractivity contribution in [2.24, 2.45) is 0 Å². The number of carbonyl (C=O) groups is 2. The molecule has 0 radical (unpaired) electrons. The molecule has 0 saturated heterocycles. The van der Waals surface area contributed by atoms with Crippen LogP contribution < -0.4 is 5.32 Å². The first-order chi connectivity index (χ1) is 12.3. The Morgan fingerprint density at radius 1 is 1.08 bits per heavy atom. The SMILES string of the molecule is CC(=O)N1CCc2ccc(NC(=O)c3ccccc3C(F)(F)F)cc2C1. The molecular weight excluding hydrogens is 345 g/mol. The van der Waals surface area contributed by atoms with Gasteiger partial charge in [-0.25, -0.2) is 0 Å². The first-order valence-corrected chi connectivity index (χ1v) is 8.10. The third-order valence-corrected chi connectivity index (χ3v) is 4.40. The Morgan fingerprint density at radius 2 is 1.81 bits per heavy atom. The van der Waals surface area contributed by atoms with Crippen LogP contribution in [0.4, 0.5) is 18.9 Å². The summed E-state index contributed by atoms with van der Waals surface area (Å²) in [5.74, 6) is -0.860. The molecule has 0 saturated carbocycles. The lowest BCUT2D eigenvalue weighted by molar-refractivity contribution is -0.138. The monoisotopic (exact) mass is 362 g/mol. The van der Waals surface area contributed by atoms with Crippen molar-refractivity contribution in [2.45, 2.75) is 26.1 Å². The van der Waals surface area contributed by atoms with E-state index < -0.39 is 23.2 Å². The van der Waals surface area contributed by atoms with E-state index in [1.165, 1.54) is 19.1 Å². The Balaban J connectivity index is 1.84. The number of hydrogen-bond acceptors (Lipinski definition) is 2. The second-order valence-corrected chi connectivity index (χ2v) is 6.17. The van der Waals surface area contributed by atoms with Gasteiger partial charge in [0.1, 0.15) is 0 Å². The summed E-state index contributed by atoms with van der Waals surface area (Å²) in [6.45, 7) is 2.55. The number of rotatable bonds is 2. The van der Waals surface area contributed by atoms with Crippen molar-refractivity contribution in [3.8, 4) is 0 Å². The van der Waals surface area contributed by atoms with E-state index in [2.05, 4.69) is 5.32 Å². The van der Waals surface area contributed by atoms with Gasteiger partial charge in [-0.15, -0.1) is 0 Å². The molecule has 4 nitrogen and oxygen atoms in total. The van der Waals surface area contributed by atoms with Crippen molar-refractivity contribution in [1.29, 1.82) is 0 Å². The zero-order valence-corrected chi connectivity index (χ0v) is 14.1. The molecule has 0 fully saturated rings. The molecule has 7 heteroatoms. The van der Waals surface area contributed by atoms with Gasteiger partial charge in [0.25, 0.3) is 5.91 Å². The van der Waals surface area contributed by atoms with Crippen LogP contribution in [0.2, 0.25) is 0 Å². The van der Waals surface area contributed by atoms with Crippen molar-refractivity contribution < 1.29 is 22.8 Å². The van der Waals surface area contributed by atoms with E-state index >= 15 is 0 Å². The highest BCUT2D eigenvalue weighted by Crippen LogP contribution is 2.32. The number of fused-ring (bicyclic) bond motifs is 1. The highest BCUT2D eigenvalue weighted by Gasteiger charge is 2.34. The molecule has 26 heavy (non-hydrogen) atoms. The smallest absolute Gasteiger partial charge is 0.338 e. The van der Waals surface area contributed by atoms with Crippen molar-refractivity contribution in [3.05, 3.63) is 64.7 Å². The normalized spacial score (nSPS) is 13.9. The summed E-state index contributed by atoms with van der Waals surface area (Å²) in [5.41, 5.74) is 0.946. The van der Waals surface area contributed by atoms with E-state index in [0.29, 0.717) is 25.2 Å². The molecule has 0 atom stereocenters. The minimum Gasteiger partial charge on any atom is -0.338 e. The first kappa shape index (κ1) is 18.0. The van der Waals surface area contributed by atoms with Crippen LogP contribution in [0.3, 0.4) is 0 Å². The number of amides is 2. The van der Waals surface area contributed by atoms with Crippen LogP contribution in [-0.2, 0) is 23.9 Å². The van der Waals surface area contributed by atoms with Gasteiger partial charge in [0, 0.05) is 25.7 Å². The molecule has 2 aromatic rings. The highest BCUT2D eigenvalue weighted by atomic mass is 19.4. The number of nitrogens with one attached hydrogen (secondary N) is 1. The van der Waals surface area contributed by atoms with Gasteiger partial charge in [0.2, 0.25) is 5.91 Å². The average molecular weight is 362 g/mol. The molecular formula is C19H17F3N2O2. The number of benzene rings is 2. The molecule has 3 rings (SSSR count). The lowest BCUT2D eigenvalue weighted by Crippen LogP contribution is -2.34. The van der Waals surface area contributed by atoms with E-state index in [4.69, 9.17) is 0 Å². The number of nitrogens with zero attached hydrogens (tertiary/aromatic N) is 1. The third-order valence-electron chi connectivity index (χ3n) is 4.40. The Labute approximate surface area is 148 Å². The Bertz CT molecular complexity index is 862. The van der Waals surface area contributed by atoms with E-state index in [1.807, 2.05) is 6.07 Å². The Morgan fingerprint density at radius 3 is 2.50 bits per heavy atom. The fraction of sp³-hybridized carbons (Fsp3) is 0.263. The van der Waals surface area contributed by atoms with Crippen molar-refractivity contribution in [3.63, 3.8) is 0 Å². The highest BCUT2D eigenvalue weighted by molar-refractivity contribution is 6.05. The maximum Gasteiger partial charge on any atom is 0.417 e. The summed E-state index contributed by atoms with van der Waals surface area (Å²) >= 11 is 0. The molecule has 0 aromatic heterocycles. The van der Waals surface area contributed by atoms with Crippen LogP contribution in [0, 0.1) is 0 Å². The van der Waals surface area contributed by atoms with Gasteiger partial charge in [0.15, 0.2) is 0 Å². The molecule has 1 aliphatic rings. The van der Waals surface area contributed by atoms with Crippen LogP contribution in [0.5, 0.6) is 0 Å². The van der Waals surface area contributed by atoms with Crippen LogP contribution in [0.15, 0.2) is 42.5 Å². The van der Waals surface area contributed by atoms with Gasteiger partial charge in [0.05, 0.1) is 11.1 Å². The van der Waals surface area contributed by atoms with E-state index in [9.17, 15) is 22.8 Å². The molecule has 1 N–H and O–H groups in total. The quantitative estimate of drug-likeness (QED) is 0.882. The number of anilines is 1. The van der Waals surface area contributed by atoms with E-state index in [-0.39, 0.29) is 5.91 Å². The fourth-order valence-electron chi connectivity index (χ4n) is 3.03. The largest absolute Gasteiger partial charge is 0.417 e. The number of alkyl halides is 3.